The second-order valence-electron chi connectivity index (χ2n) is 6.13. The molecule has 0 N–H and O–H groups in total. The minimum atomic E-state index is -2.36. The predicted octanol–water partition coefficient (Wildman–Crippen LogP) is 4.55. The maximum absolute atomic E-state index is 5.72. The van der Waals surface area contributed by atoms with E-state index in [1.807, 2.05) is 27.7 Å². The maximum Gasteiger partial charge on any atom is 0.501 e. The number of rotatable bonds is 10. The van der Waals surface area contributed by atoms with E-state index in [4.69, 9.17) is 17.7 Å². The van der Waals surface area contributed by atoms with E-state index in [9.17, 15) is 0 Å². The molecule has 0 spiro atoms. The highest BCUT2D eigenvalue weighted by molar-refractivity contribution is 6.69. The van der Waals surface area contributed by atoms with Gasteiger partial charge in [-0.05, 0) is 53.3 Å². The third-order valence-electron chi connectivity index (χ3n) is 2.33. The molecule has 21 heavy (non-hydrogen) atoms. The monoisotopic (exact) mass is 338 g/mol. The second kappa shape index (κ2) is 12.8. The second-order valence-corrected chi connectivity index (χ2v) is 13.3. The summed E-state index contributed by atoms with van der Waals surface area (Å²) in [5.74, 6) is 0.548. The summed E-state index contributed by atoms with van der Waals surface area (Å²) in [4.78, 5) is 0. The molecule has 130 valence electrons. The van der Waals surface area contributed by atoms with Crippen molar-refractivity contribution in [2.24, 2.45) is 5.92 Å². The SMILES string of the molecule is CCO[Si](C)(C)C.CCO[Si](CC(C)C)(OCC)OCC. The number of hydrogen-bond donors (Lipinski definition) is 0. The van der Waals surface area contributed by atoms with Gasteiger partial charge in [0.15, 0.2) is 8.32 Å². The van der Waals surface area contributed by atoms with E-state index in [0.29, 0.717) is 25.7 Å². The zero-order chi connectivity index (χ0) is 16.9. The molecule has 0 aromatic rings. The van der Waals surface area contributed by atoms with Crippen LogP contribution in [0.5, 0.6) is 0 Å². The average Bonchev–Trinajstić information content (AvgIpc) is 2.27. The first kappa shape index (κ1) is 23.5. The first-order valence-electron chi connectivity index (χ1n) is 8.22. The minimum Gasteiger partial charge on any atom is -0.418 e. The van der Waals surface area contributed by atoms with Crippen molar-refractivity contribution in [3.05, 3.63) is 0 Å². The van der Waals surface area contributed by atoms with Crippen LogP contribution < -0.4 is 0 Å². The molecule has 0 unspecified atom stereocenters. The smallest absolute Gasteiger partial charge is 0.418 e. The molecular weight excluding hydrogens is 300 g/mol. The zero-order valence-corrected chi connectivity index (χ0v) is 17.7. The Kier molecular flexibility index (Phi) is 14.3. The van der Waals surface area contributed by atoms with Gasteiger partial charge in [-0.15, -0.1) is 0 Å². The van der Waals surface area contributed by atoms with Crippen LogP contribution in [-0.2, 0) is 17.7 Å². The Labute approximate surface area is 135 Å². The summed E-state index contributed by atoms with van der Waals surface area (Å²) >= 11 is 0. The summed E-state index contributed by atoms with van der Waals surface area (Å²) in [6.07, 6.45) is 0. The van der Waals surface area contributed by atoms with Crippen molar-refractivity contribution in [2.45, 2.75) is 67.2 Å². The Balaban J connectivity index is 0. The fourth-order valence-corrected chi connectivity index (χ4v) is 5.68. The van der Waals surface area contributed by atoms with Crippen LogP contribution in [0.15, 0.2) is 0 Å². The minimum absolute atomic E-state index is 0.548. The molecule has 0 atom stereocenters. The quantitative estimate of drug-likeness (QED) is 0.548. The van der Waals surface area contributed by atoms with Crippen molar-refractivity contribution in [1.29, 1.82) is 0 Å². The summed E-state index contributed by atoms with van der Waals surface area (Å²) in [5, 5.41) is 0. The lowest BCUT2D eigenvalue weighted by atomic mass is 10.3. The summed E-state index contributed by atoms with van der Waals surface area (Å²) < 4.78 is 22.5. The highest BCUT2D eigenvalue weighted by Gasteiger charge is 2.40. The summed E-state index contributed by atoms with van der Waals surface area (Å²) in [6.45, 7) is 21.8. The molecule has 0 saturated carbocycles. The molecular formula is C15H38O4Si2. The molecule has 0 fully saturated rings. The predicted molar refractivity (Wildman–Crippen MR) is 95.2 cm³/mol. The molecule has 0 rings (SSSR count). The Morgan fingerprint density at radius 2 is 1.00 bits per heavy atom. The molecule has 6 heteroatoms. The molecule has 0 amide bonds. The van der Waals surface area contributed by atoms with Gasteiger partial charge in [0.25, 0.3) is 0 Å². The van der Waals surface area contributed by atoms with Crippen molar-refractivity contribution in [2.75, 3.05) is 26.4 Å². The average molecular weight is 339 g/mol. The first-order valence-corrected chi connectivity index (χ1v) is 13.6. The topological polar surface area (TPSA) is 36.9 Å². The van der Waals surface area contributed by atoms with E-state index >= 15 is 0 Å². The summed E-state index contributed by atoms with van der Waals surface area (Å²) in [6, 6.07) is 0.905. The molecule has 0 radical (unpaired) electrons. The van der Waals surface area contributed by atoms with Crippen LogP contribution in [0, 0.1) is 5.92 Å². The summed E-state index contributed by atoms with van der Waals surface area (Å²) in [5.41, 5.74) is 0. The van der Waals surface area contributed by atoms with Gasteiger partial charge in [-0.3, -0.25) is 0 Å². The third kappa shape index (κ3) is 15.0. The Bertz CT molecular complexity index is 213. The van der Waals surface area contributed by atoms with Gasteiger partial charge in [0, 0.05) is 32.5 Å². The van der Waals surface area contributed by atoms with Crippen molar-refractivity contribution in [3.8, 4) is 0 Å². The van der Waals surface area contributed by atoms with Gasteiger partial charge in [-0.2, -0.15) is 0 Å². The molecule has 0 saturated heterocycles. The maximum atomic E-state index is 5.72. The Morgan fingerprint density at radius 3 is 1.14 bits per heavy atom. The van der Waals surface area contributed by atoms with Gasteiger partial charge in [0.1, 0.15) is 0 Å². The fourth-order valence-electron chi connectivity index (χ4n) is 1.89. The van der Waals surface area contributed by atoms with Gasteiger partial charge in [0.05, 0.1) is 0 Å². The van der Waals surface area contributed by atoms with Crippen molar-refractivity contribution in [3.63, 3.8) is 0 Å². The van der Waals surface area contributed by atoms with Gasteiger partial charge >= 0.3 is 8.80 Å². The Morgan fingerprint density at radius 1 is 0.667 bits per heavy atom. The molecule has 0 aliphatic rings. The van der Waals surface area contributed by atoms with E-state index in [2.05, 4.69) is 33.5 Å². The zero-order valence-electron chi connectivity index (χ0n) is 15.7. The molecule has 0 bridgehead atoms. The van der Waals surface area contributed by atoms with Gasteiger partial charge in [-0.1, -0.05) is 13.8 Å². The van der Waals surface area contributed by atoms with Crippen LogP contribution in [0.4, 0.5) is 0 Å². The molecule has 0 aliphatic carbocycles. The first-order chi connectivity index (χ1) is 9.66. The van der Waals surface area contributed by atoms with Crippen molar-refractivity contribution >= 4 is 17.1 Å². The van der Waals surface area contributed by atoms with E-state index in [0.717, 1.165) is 12.7 Å². The van der Waals surface area contributed by atoms with Gasteiger partial charge in [0.2, 0.25) is 0 Å². The van der Waals surface area contributed by atoms with Crippen LogP contribution in [0.2, 0.25) is 25.7 Å². The standard InChI is InChI=1S/C10H24O3Si.C5H14OSi/c1-6-11-14(12-7-2,13-8-3)9-10(4)5;1-5-6-7(2,3)4/h10H,6-9H2,1-5H3;5H2,1-4H3. The van der Waals surface area contributed by atoms with Crippen LogP contribution >= 0.6 is 0 Å². The summed E-state index contributed by atoms with van der Waals surface area (Å²) in [7, 11) is -3.52. The molecule has 4 nitrogen and oxygen atoms in total. The Hall–Kier alpha value is 0.274. The normalized spacial score (nSPS) is 12.3. The van der Waals surface area contributed by atoms with Crippen molar-refractivity contribution < 1.29 is 17.7 Å². The fraction of sp³-hybridized carbons (Fsp3) is 1.00. The highest BCUT2D eigenvalue weighted by Crippen LogP contribution is 2.21. The largest absolute Gasteiger partial charge is 0.501 e. The lowest BCUT2D eigenvalue weighted by Crippen LogP contribution is -2.46. The van der Waals surface area contributed by atoms with Crippen LogP contribution in [0.25, 0.3) is 0 Å². The lowest BCUT2D eigenvalue weighted by Gasteiger charge is -2.29. The van der Waals surface area contributed by atoms with E-state index < -0.39 is 17.1 Å². The molecule has 0 aromatic carbocycles. The lowest BCUT2D eigenvalue weighted by molar-refractivity contribution is 0.0683. The van der Waals surface area contributed by atoms with Gasteiger partial charge < -0.3 is 17.7 Å². The van der Waals surface area contributed by atoms with Crippen LogP contribution in [-0.4, -0.2) is 43.5 Å². The van der Waals surface area contributed by atoms with E-state index in [1.54, 1.807) is 0 Å². The number of hydrogen-bond acceptors (Lipinski definition) is 4. The van der Waals surface area contributed by atoms with Crippen LogP contribution in [0.1, 0.15) is 41.5 Å². The van der Waals surface area contributed by atoms with Gasteiger partial charge in [-0.25, -0.2) is 0 Å². The molecule has 0 heterocycles. The highest BCUT2D eigenvalue weighted by atomic mass is 28.4. The molecule has 0 aliphatic heterocycles. The third-order valence-corrected chi connectivity index (χ3v) is 6.99. The van der Waals surface area contributed by atoms with Crippen molar-refractivity contribution in [1.82, 2.24) is 0 Å². The molecule has 0 aromatic heterocycles. The van der Waals surface area contributed by atoms with E-state index in [1.165, 1.54) is 0 Å². The van der Waals surface area contributed by atoms with E-state index in [-0.39, 0.29) is 0 Å². The van der Waals surface area contributed by atoms with Crippen LogP contribution in [0.3, 0.4) is 0 Å².